The van der Waals surface area contributed by atoms with Crippen molar-refractivity contribution < 1.29 is 9.59 Å². The fourth-order valence-electron chi connectivity index (χ4n) is 3.04. The van der Waals surface area contributed by atoms with Crippen LogP contribution in [0.25, 0.3) is 0 Å². The molecule has 3 heteroatoms. The van der Waals surface area contributed by atoms with Crippen molar-refractivity contribution in [1.82, 2.24) is 0 Å². The van der Waals surface area contributed by atoms with Gasteiger partial charge < -0.3 is 5.73 Å². The van der Waals surface area contributed by atoms with E-state index < -0.39 is 0 Å². The van der Waals surface area contributed by atoms with Crippen LogP contribution >= 0.6 is 0 Å². The van der Waals surface area contributed by atoms with E-state index in [0.29, 0.717) is 12.0 Å². The molecule has 0 aliphatic carbocycles. The zero-order valence-corrected chi connectivity index (χ0v) is 15.7. The Kier molecular flexibility index (Phi) is 8.23. The van der Waals surface area contributed by atoms with Crippen LogP contribution in [0.2, 0.25) is 0 Å². The number of aryl methyl sites for hydroxylation is 2. The van der Waals surface area contributed by atoms with Crippen molar-refractivity contribution in [2.24, 2.45) is 5.73 Å². The summed E-state index contributed by atoms with van der Waals surface area (Å²) in [7, 11) is 0. The molecule has 0 fully saturated rings. The van der Waals surface area contributed by atoms with Crippen molar-refractivity contribution in [3.05, 3.63) is 70.8 Å². The number of unbranched alkanes of at least 4 members (excludes halogenated alkanes) is 2. The van der Waals surface area contributed by atoms with Gasteiger partial charge in [-0.15, -0.1) is 0 Å². The molecule has 0 aliphatic rings. The quantitative estimate of drug-likeness (QED) is 0.469. The summed E-state index contributed by atoms with van der Waals surface area (Å²) in [6, 6.07) is 15.9. The van der Waals surface area contributed by atoms with E-state index in [4.69, 9.17) is 5.73 Å². The average Bonchev–Trinajstić information content (AvgIpc) is 2.68. The maximum Gasteiger partial charge on any atom is 0.176 e. The van der Waals surface area contributed by atoms with Crippen LogP contribution in [0.3, 0.4) is 0 Å². The lowest BCUT2D eigenvalue weighted by molar-refractivity contribution is 0.0979. The highest BCUT2D eigenvalue weighted by Gasteiger charge is 2.05. The highest BCUT2D eigenvalue weighted by molar-refractivity contribution is 5.97. The first-order valence-electron chi connectivity index (χ1n) is 9.58. The van der Waals surface area contributed by atoms with E-state index in [1.807, 2.05) is 43.3 Å². The average molecular weight is 351 g/mol. The van der Waals surface area contributed by atoms with E-state index in [1.54, 1.807) is 0 Å². The molecule has 0 unspecified atom stereocenters. The molecule has 0 aliphatic heterocycles. The number of rotatable bonds is 11. The summed E-state index contributed by atoms with van der Waals surface area (Å²) in [6.45, 7) is 2.09. The maximum atomic E-state index is 11.8. The predicted molar refractivity (Wildman–Crippen MR) is 107 cm³/mol. The van der Waals surface area contributed by atoms with E-state index in [9.17, 15) is 9.59 Å². The number of benzene rings is 2. The molecule has 26 heavy (non-hydrogen) atoms. The third kappa shape index (κ3) is 6.23. The number of hydrogen-bond acceptors (Lipinski definition) is 3. The minimum atomic E-state index is -0.0148. The van der Waals surface area contributed by atoms with Gasteiger partial charge in [-0.2, -0.15) is 0 Å². The Hall–Kier alpha value is -2.26. The molecule has 3 nitrogen and oxygen atoms in total. The van der Waals surface area contributed by atoms with Gasteiger partial charge in [0.15, 0.2) is 11.6 Å². The monoisotopic (exact) mass is 351 g/mol. The van der Waals surface area contributed by atoms with Crippen molar-refractivity contribution >= 4 is 11.6 Å². The van der Waals surface area contributed by atoms with Gasteiger partial charge in [-0.1, -0.05) is 61.9 Å². The van der Waals surface area contributed by atoms with E-state index in [1.165, 1.54) is 17.5 Å². The van der Waals surface area contributed by atoms with Gasteiger partial charge in [0.1, 0.15) is 0 Å². The Morgan fingerprint density at radius 1 is 0.731 bits per heavy atom. The van der Waals surface area contributed by atoms with Crippen LogP contribution in [0.1, 0.15) is 70.9 Å². The molecule has 0 amide bonds. The van der Waals surface area contributed by atoms with E-state index in [0.717, 1.165) is 37.7 Å². The molecular weight excluding hydrogens is 322 g/mol. The first kappa shape index (κ1) is 20.1. The van der Waals surface area contributed by atoms with Gasteiger partial charge in [0.25, 0.3) is 0 Å². The molecule has 138 valence electrons. The second-order valence-electron chi connectivity index (χ2n) is 6.75. The number of carbonyl (C=O) groups excluding carboxylic acids is 2. The zero-order chi connectivity index (χ0) is 18.8. The lowest BCUT2D eigenvalue weighted by Crippen LogP contribution is -2.13. The minimum absolute atomic E-state index is 0.0148. The molecule has 0 bridgehead atoms. The SMILES string of the molecule is CCCC(=O)c1ccc(CCCCCc2ccc(C(=O)CN)cc2)cc1. The first-order valence-corrected chi connectivity index (χ1v) is 9.58. The largest absolute Gasteiger partial charge is 0.324 e. The molecule has 2 rings (SSSR count). The lowest BCUT2D eigenvalue weighted by atomic mass is 10.0. The predicted octanol–water partition coefficient (Wildman–Crippen LogP) is 4.77. The van der Waals surface area contributed by atoms with E-state index >= 15 is 0 Å². The van der Waals surface area contributed by atoms with Crippen LogP contribution in [0, 0.1) is 0 Å². The molecule has 2 aromatic carbocycles. The number of carbonyl (C=O) groups is 2. The van der Waals surface area contributed by atoms with Crippen molar-refractivity contribution in [2.75, 3.05) is 6.54 Å². The Morgan fingerprint density at radius 3 is 1.62 bits per heavy atom. The summed E-state index contributed by atoms with van der Waals surface area (Å²) < 4.78 is 0. The summed E-state index contributed by atoms with van der Waals surface area (Å²) in [5.74, 6) is 0.220. The summed E-state index contributed by atoms with van der Waals surface area (Å²) in [5, 5.41) is 0. The van der Waals surface area contributed by atoms with Crippen molar-refractivity contribution in [3.63, 3.8) is 0 Å². The number of Topliss-reactive ketones (excluding diaryl/α,β-unsaturated/α-hetero) is 2. The molecular formula is C23H29NO2. The lowest BCUT2D eigenvalue weighted by Gasteiger charge is -2.05. The molecule has 0 aromatic heterocycles. The van der Waals surface area contributed by atoms with E-state index in [2.05, 4.69) is 12.1 Å². The molecule has 0 atom stereocenters. The second kappa shape index (κ2) is 10.7. The number of ketones is 2. The molecule has 0 spiro atoms. The van der Waals surface area contributed by atoms with Crippen molar-refractivity contribution in [3.8, 4) is 0 Å². The third-order valence-electron chi connectivity index (χ3n) is 4.65. The molecule has 0 radical (unpaired) electrons. The second-order valence-corrected chi connectivity index (χ2v) is 6.75. The smallest absolute Gasteiger partial charge is 0.176 e. The van der Waals surface area contributed by atoms with Crippen molar-refractivity contribution in [1.29, 1.82) is 0 Å². The highest BCUT2D eigenvalue weighted by Crippen LogP contribution is 2.13. The summed E-state index contributed by atoms with van der Waals surface area (Å²) in [4.78, 5) is 23.3. The Bertz CT molecular complexity index is 702. The van der Waals surface area contributed by atoms with Gasteiger partial charge in [-0.05, 0) is 43.2 Å². The van der Waals surface area contributed by atoms with Crippen LogP contribution in [-0.2, 0) is 12.8 Å². The minimum Gasteiger partial charge on any atom is -0.324 e. The summed E-state index contributed by atoms with van der Waals surface area (Å²) in [6.07, 6.45) is 7.05. The van der Waals surface area contributed by atoms with Gasteiger partial charge in [0.05, 0.1) is 6.54 Å². The van der Waals surface area contributed by atoms with Gasteiger partial charge in [-0.25, -0.2) is 0 Å². The van der Waals surface area contributed by atoms with Crippen LogP contribution in [0.15, 0.2) is 48.5 Å². The number of nitrogens with two attached hydrogens (primary N) is 1. The number of hydrogen-bond donors (Lipinski definition) is 1. The standard InChI is InChI=1S/C23H29NO2/c1-2-6-22(25)20-13-9-18(10-14-20)7-4-3-5-8-19-11-15-21(16-12-19)23(26)17-24/h9-16H,2-8,17,24H2,1H3. The van der Waals surface area contributed by atoms with Crippen LogP contribution in [0.4, 0.5) is 0 Å². The Balaban J connectivity index is 1.69. The van der Waals surface area contributed by atoms with E-state index in [-0.39, 0.29) is 18.1 Å². The van der Waals surface area contributed by atoms with Gasteiger partial charge in [0, 0.05) is 17.5 Å². The Labute approximate surface area is 156 Å². The fourth-order valence-corrected chi connectivity index (χ4v) is 3.04. The van der Waals surface area contributed by atoms with Gasteiger partial charge in [0.2, 0.25) is 0 Å². The van der Waals surface area contributed by atoms with Crippen LogP contribution in [0.5, 0.6) is 0 Å². The maximum absolute atomic E-state index is 11.8. The Morgan fingerprint density at radius 2 is 1.19 bits per heavy atom. The molecule has 2 N–H and O–H groups in total. The first-order chi connectivity index (χ1) is 12.6. The zero-order valence-electron chi connectivity index (χ0n) is 15.7. The third-order valence-corrected chi connectivity index (χ3v) is 4.65. The topological polar surface area (TPSA) is 60.2 Å². The summed E-state index contributed by atoms with van der Waals surface area (Å²) >= 11 is 0. The molecule has 0 saturated heterocycles. The molecule has 0 saturated carbocycles. The van der Waals surface area contributed by atoms with Gasteiger partial charge >= 0.3 is 0 Å². The summed E-state index contributed by atoms with van der Waals surface area (Å²) in [5.41, 5.74) is 9.45. The van der Waals surface area contributed by atoms with Crippen LogP contribution in [-0.4, -0.2) is 18.1 Å². The van der Waals surface area contributed by atoms with Gasteiger partial charge in [-0.3, -0.25) is 9.59 Å². The van der Waals surface area contributed by atoms with Crippen molar-refractivity contribution in [2.45, 2.75) is 51.9 Å². The fraction of sp³-hybridized carbons (Fsp3) is 0.391. The molecule has 0 heterocycles. The normalized spacial score (nSPS) is 10.7. The highest BCUT2D eigenvalue weighted by atomic mass is 16.1. The van der Waals surface area contributed by atoms with Crippen LogP contribution < -0.4 is 5.73 Å². The molecule has 2 aromatic rings.